The zero-order valence-electron chi connectivity index (χ0n) is 10.2. The van der Waals surface area contributed by atoms with Gasteiger partial charge in [-0.2, -0.15) is 0 Å². The molecule has 1 N–H and O–H groups in total. The third-order valence-electron chi connectivity index (χ3n) is 3.84. The van der Waals surface area contributed by atoms with Crippen molar-refractivity contribution in [1.29, 1.82) is 0 Å². The molecule has 0 saturated heterocycles. The molecule has 84 valence electrons. The van der Waals surface area contributed by atoms with Gasteiger partial charge in [0.1, 0.15) is 0 Å². The molecular weight excluding hydrogens is 170 g/mol. The summed E-state index contributed by atoms with van der Waals surface area (Å²) in [6, 6.07) is 0. The Morgan fingerprint density at radius 3 is 2.57 bits per heavy atom. The molecule has 1 saturated carbocycles. The third-order valence-corrected chi connectivity index (χ3v) is 3.84. The van der Waals surface area contributed by atoms with Gasteiger partial charge in [0, 0.05) is 0 Å². The predicted octanol–water partition coefficient (Wildman–Crippen LogP) is 3.59. The van der Waals surface area contributed by atoms with Gasteiger partial charge in [-0.3, -0.25) is 0 Å². The maximum absolute atomic E-state index is 3.30. The van der Waals surface area contributed by atoms with Crippen molar-refractivity contribution in [3.05, 3.63) is 0 Å². The minimum atomic E-state index is 0.704. The second-order valence-electron chi connectivity index (χ2n) is 5.28. The normalized spacial score (nSPS) is 30.6. The van der Waals surface area contributed by atoms with E-state index in [0.29, 0.717) is 5.41 Å². The molecule has 0 radical (unpaired) electrons. The average molecular weight is 197 g/mol. The SMILES string of the molecule is CCCCCCCC1(C)CC1CNC. The van der Waals surface area contributed by atoms with E-state index in [1.54, 1.807) is 0 Å². The lowest BCUT2D eigenvalue weighted by Gasteiger charge is -2.10. The van der Waals surface area contributed by atoms with Crippen molar-refractivity contribution in [3.63, 3.8) is 0 Å². The number of rotatable bonds is 8. The molecule has 14 heavy (non-hydrogen) atoms. The van der Waals surface area contributed by atoms with Crippen LogP contribution in [0.15, 0.2) is 0 Å². The number of hydrogen-bond acceptors (Lipinski definition) is 1. The van der Waals surface area contributed by atoms with Crippen LogP contribution in [-0.4, -0.2) is 13.6 Å². The first-order valence-corrected chi connectivity index (χ1v) is 6.37. The summed E-state index contributed by atoms with van der Waals surface area (Å²) in [5.41, 5.74) is 0.704. The lowest BCUT2D eigenvalue weighted by molar-refractivity contribution is 0.424. The fourth-order valence-electron chi connectivity index (χ4n) is 2.51. The zero-order valence-corrected chi connectivity index (χ0v) is 10.2. The molecule has 1 fully saturated rings. The van der Waals surface area contributed by atoms with Crippen molar-refractivity contribution in [2.75, 3.05) is 13.6 Å². The van der Waals surface area contributed by atoms with Crippen LogP contribution in [0.5, 0.6) is 0 Å². The zero-order chi connectivity index (χ0) is 10.4. The van der Waals surface area contributed by atoms with Gasteiger partial charge < -0.3 is 5.32 Å². The predicted molar refractivity (Wildman–Crippen MR) is 63.5 cm³/mol. The van der Waals surface area contributed by atoms with Gasteiger partial charge in [-0.15, -0.1) is 0 Å². The summed E-state index contributed by atoms with van der Waals surface area (Å²) in [5.74, 6) is 0.971. The summed E-state index contributed by atoms with van der Waals surface area (Å²) in [5, 5.41) is 3.30. The van der Waals surface area contributed by atoms with E-state index in [-0.39, 0.29) is 0 Å². The molecular formula is C13H27N. The van der Waals surface area contributed by atoms with Crippen LogP contribution in [0.2, 0.25) is 0 Å². The van der Waals surface area contributed by atoms with Crippen LogP contribution < -0.4 is 5.32 Å². The highest BCUT2D eigenvalue weighted by Crippen LogP contribution is 2.55. The summed E-state index contributed by atoms with van der Waals surface area (Å²) >= 11 is 0. The van der Waals surface area contributed by atoms with Gasteiger partial charge in [0.15, 0.2) is 0 Å². The van der Waals surface area contributed by atoms with Gasteiger partial charge in [0.25, 0.3) is 0 Å². The Morgan fingerprint density at radius 2 is 1.93 bits per heavy atom. The summed E-state index contributed by atoms with van der Waals surface area (Å²) in [6.45, 7) is 5.98. The average Bonchev–Trinajstić information content (AvgIpc) is 2.78. The van der Waals surface area contributed by atoms with Crippen molar-refractivity contribution in [1.82, 2.24) is 5.32 Å². The van der Waals surface area contributed by atoms with E-state index < -0.39 is 0 Å². The summed E-state index contributed by atoms with van der Waals surface area (Å²) in [4.78, 5) is 0. The van der Waals surface area contributed by atoms with Crippen LogP contribution in [0.1, 0.15) is 58.8 Å². The molecule has 2 atom stereocenters. The Kier molecular flexibility index (Phi) is 4.94. The van der Waals surface area contributed by atoms with Crippen LogP contribution in [0.3, 0.4) is 0 Å². The van der Waals surface area contributed by atoms with Gasteiger partial charge in [0.2, 0.25) is 0 Å². The van der Waals surface area contributed by atoms with Crippen molar-refractivity contribution < 1.29 is 0 Å². The second kappa shape index (κ2) is 5.75. The molecule has 1 aliphatic rings. The van der Waals surface area contributed by atoms with Crippen LogP contribution in [-0.2, 0) is 0 Å². The quantitative estimate of drug-likeness (QED) is 0.586. The highest BCUT2D eigenvalue weighted by Gasteiger charge is 2.48. The maximum atomic E-state index is 3.30. The molecule has 0 aromatic heterocycles. The fourth-order valence-corrected chi connectivity index (χ4v) is 2.51. The van der Waals surface area contributed by atoms with E-state index in [1.165, 1.54) is 51.5 Å². The molecule has 0 aromatic carbocycles. The summed E-state index contributed by atoms with van der Waals surface area (Å²) in [7, 11) is 2.07. The largest absolute Gasteiger partial charge is 0.319 e. The molecule has 2 unspecified atom stereocenters. The Labute approximate surface area is 89.7 Å². The molecule has 0 aromatic rings. The van der Waals surface area contributed by atoms with E-state index in [9.17, 15) is 0 Å². The highest BCUT2D eigenvalue weighted by molar-refractivity contribution is 4.99. The smallest absolute Gasteiger partial charge is 0.00181 e. The van der Waals surface area contributed by atoms with Gasteiger partial charge in [-0.25, -0.2) is 0 Å². The number of unbranched alkanes of at least 4 members (excludes halogenated alkanes) is 4. The summed E-state index contributed by atoms with van der Waals surface area (Å²) < 4.78 is 0. The molecule has 1 heteroatoms. The fraction of sp³-hybridized carbons (Fsp3) is 1.00. The molecule has 0 spiro atoms. The van der Waals surface area contributed by atoms with E-state index in [1.807, 2.05) is 0 Å². The van der Waals surface area contributed by atoms with E-state index >= 15 is 0 Å². The van der Waals surface area contributed by atoms with E-state index in [2.05, 4.69) is 26.2 Å². The lowest BCUT2D eigenvalue weighted by Crippen LogP contribution is -2.13. The molecule has 1 rings (SSSR count). The lowest BCUT2D eigenvalue weighted by atomic mass is 9.97. The molecule has 1 aliphatic carbocycles. The van der Waals surface area contributed by atoms with Crippen molar-refractivity contribution in [2.24, 2.45) is 11.3 Å². The minimum Gasteiger partial charge on any atom is -0.319 e. The summed E-state index contributed by atoms with van der Waals surface area (Å²) in [6.07, 6.45) is 10.1. The van der Waals surface area contributed by atoms with Crippen LogP contribution in [0, 0.1) is 11.3 Å². The van der Waals surface area contributed by atoms with Gasteiger partial charge in [-0.05, 0) is 37.8 Å². The molecule has 1 nitrogen and oxygen atoms in total. The van der Waals surface area contributed by atoms with E-state index in [4.69, 9.17) is 0 Å². The standard InChI is InChI=1S/C13H27N/c1-4-5-6-7-8-9-13(2)10-12(13)11-14-3/h12,14H,4-11H2,1-3H3. The van der Waals surface area contributed by atoms with E-state index in [0.717, 1.165) is 5.92 Å². The third kappa shape index (κ3) is 3.61. The monoisotopic (exact) mass is 197 g/mol. The van der Waals surface area contributed by atoms with Gasteiger partial charge in [0.05, 0.1) is 0 Å². The first kappa shape index (κ1) is 12.0. The van der Waals surface area contributed by atoms with Crippen LogP contribution in [0.25, 0.3) is 0 Å². The van der Waals surface area contributed by atoms with Gasteiger partial charge in [-0.1, -0.05) is 46.0 Å². The first-order chi connectivity index (χ1) is 6.73. The van der Waals surface area contributed by atoms with Crippen LogP contribution in [0.4, 0.5) is 0 Å². The molecule has 0 amide bonds. The topological polar surface area (TPSA) is 12.0 Å². The number of nitrogens with one attached hydrogen (secondary N) is 1. The molecule has 0 heterocycles. The van der Waals surface area contributed by atoms with Crippen LogP contribution >= 0.6 is 0 Å². The second-order valence-corrected chi connectivity index (χ2v) is 5.28. The Balaban J connectivity index is 1.97. The van der Waals surface area contributed by atoms with Gasteiger partial charge >= 0.3 is 0 Å². The molecule has 0 aliphatic heterocycles. The van der Waals surface area contributed by atoms with Crippen molar-refractivity contribution in [2.45, 2.75) is 58.8 Å². The minimum absolute atomic E-state index is 0.704. The Bertz CT molecular complexity index is 155. The maximum Gasteiger partial charge on any atom is -0.00181 e. The Morgan fingerprint density at radius 1 is 1.21 bits per heavy atom. The molecule has 0 bridgehead atoms. The van der Waals surface area contributed by atoms with Crippen molar-refractivity contribution in [3.8, 4) is 0 Å². The first-order valence-electron chi connectivity index (χ1n) is 6.37. The Hall–Kier alpha value is -0.0400. The number of hydrogen-bond donors (Lipinski definition) is 1. The highest BCUT2D eigenvalue weighted by atomic mass is 14.8. The van der Waals surface area contributed by atoms with Crippen molar-refractivity contribution >= 4 is 0 Å².